The van der Waals surface area contributed by atoms with Crippen LogP contribution in [0.15, 0.2) is 24.4 Å². The Morgan fingerprint density at radius 3 is 2.69 bits per heavy atom. The first kappa shape index (κ1) is 18.9. The van der Waals surface area contributed by atoms with Gasteiger partial charge in [0.1, 0.15) is 11.3 Å². The smallest absolute Gasteiger partial charge is 0.145 e. The minimum absolute atomic E-state index is 0.392. The summed E-state index contributed by atoms with van der Waals surface area (Å²) < 4.78 is 5.45. The highest BCUT2D eigenvalue weighted by molar-refractivity contribution is 5.96. The second-order valence-electron chi connectivity index (χ2n) is 7.28. The number of β-amino-alcohol motifs (C(OH)–C–C–N with tert-alkyl or cyclic N) is 1. The number of aryl methyl sites for hydroxylation is 1. The van der Waals surface area contributed by atoms with E-state index in [1.54, 1.807) is 7.11 Å². The van der Waals surface area contributed by atoms with Crippen molar-refractivity contribution in [3.8, 4) is 5.75 Å². The number of likely N-dealkylation sites (N-methyl/N-ethyl adjacent to an activating group) is 2. The molecule has 1 aromatic carbocycles. The summed E-state index contributed by atoms with van der Waals surface area (Å²) in [6, 6.07) is 5.98. The van der Waals surface area contributed by atoms with Crippen molar-refractivity contribution in [2.45, 2.75) is 13.0 Å². The van der Waals surface area contributed by atoms with E-state index in [4.69, 9.17) is 4.74 Å². The molecular weight excluding hydrogens is 328 g/mol. The summed E-state index contributed by atoms with van der Waals surface area (Å²) in [5.41, 5.74) is 3.06. The molecule has 1 N–H and O–H groups in total. The van der Waals surface area contributed by atoms with Crippen molar-refractivity contribution >= 4 is 16.6 Å². The minimum Gasteiger partial charge on any atom is -0.494 e. The Morgan fingerprint density at radius 1 is 1.27 bits per heavy atom. The Labute approximate surface area is 156 Å². The van der Waals surface area contributed by atoms with Crippen LogP contribution in [0.25, 0.3) is 10.9 Å². The highest BCUT2D eigenvalue weighted by Crippen LogP contribution is 2.33. The van der Waals surface area contributed by atoms with E-state index in [-0.39, 0.29) is 0 Å². The van der Waals surface area contributed by atoms with Crippen molar-refractivity contribution in [1.29, 1.82) is 0 Å². The molecule has 1 aromatic heterocycles. The number of fused-ring (bicyclic) bond motifs is 1. The number of hydrogen-bond acceptors (Lipinski definition) is 6. The first-order valence-electron chi connectivity index (χ1n) is 9.22. The van der Waals surface area contributed by atoms with Crippen LogP contribution in [-0.2, 0) is 0 Å². The molecule has 1 atom stereocenters. The average molecular weight is 358 g/mol. The highest BCUT2D eigenvalue weighted by Gasteiger charge is 2.20. The molecule has 1 aliphatic heterocycles. The summed E-state index contributed by atoms with van der Waals surface area (Å²) in [7, 11) is 5.85. The maximum absolute atomic E-state index is 10.6. The molecule has 1 unspecified atom stereocenters. The van der Waals surface area contributed by atoms with Crippen molar-refractivity contribution in [3.63, 3.8) is 0 Å². The van der Waals surface area contributed by atoms with Gasteiger partial charge in [-0.2, -0.15) is 0 Å². The minimum atomic E-state index is -0.392. The quantitative estimate of drug-likeness (QED) is 0.847. The number of ether oxygens (including phenoxy) is 1. The number of methoxy groups -OCH3 is 1. The van der Waals surface area contributed by atoms with Crippen molar-refractivity contribution in [2.24, 2.45) is 0 Å². The fraction of sp³-hybridized carbons (Fsp3) is 0.550. The number of benzene rings is 1. The number of nitrogens with zero attached hydrogens (tertiary/aromatic N) is 4. The summed E-state index contributed by atoms with van der Waals surface area (Å²) in [6.45, 7) is 7.53. The van der Waals surface area contributed by atoms with Gasteiger partial charge >= 0.3 is 0 Å². The second-order valence-corrected chi connectivity index (χ2v) is 7.28. The summed E-state index contributed by atoms with van der Waals surface area (Å²) >= 11 is 0. The van der Waals surface area contributed by atoms with Gasteiger partial charge in [0.25, 0.3) is 0 Å². The predicted octanol–water partition coefficient (Wildman–Crippen LogP) is 1.60. The molecule has 0 aliphatic carbocycles. The molecule has 1 fully saturated rings. The van der Waals surface area contributed by atoms with Gasteiger partial charge in [-0.1, -0.05) is 12.1 Å². The zero-order chi connectivity index (χ0) is 18.7. The Balaban J connectivity index is 1.75. The number of piperazine rings is 1. The zero-order valence-electron chi connectivity index (χ0n) is 16.3. The average Bonchev–Trinajstić information content (AvgIpc) is 2.62. The number of rotatable bonds is 6. The van der Waals surface area contributed by atoms with Crippen LogP contribution in [0.1, 0.15) is 5.56 Å². The number of hydrogen-bond donors (Lipinski definition) is 1. The zero-order valence-corrected chi connectivity index (χ0v) is 16.3. The summed E-state index contributed by atoms with van der Waals surface area (Å²) in [4.78, 5) is 11.4. The monoisotopic (exact) mass is 358 g/mol. The molecule has 6 heteroatoms. The lowest BCUT2D eigenvalue weighted by Gasteiger charge is -2.34. The largest absolute Gasteiger partial charge is 0.494 e. The van der Waals surface area contributed by atoms with E-state index in [1.165, 1.54) is 0 Å². The fourth-order valence-corrected chi connectivity index (χ4v) is 3.75. The summed E-state index contributed by atoms with van der Waals surface area (Å²) in [6.07, 6.45) is 1.49. The van der Waals surface area contributed by atoms with Crippen LogP contribution in [-0.4, -0.2) is 86.5 Å². The molecular formula is C20H30N4O2. The van der Waals surface area contributed by atoms with Crippen molar-refractivity contribution in [2.75, 3.05) is 65.4 Å². The van der Waals surface area contributed by atoms with Gasteiger partial charge in [0.15, 0.2) is 0 Å². The standard InChI is InChI=1S/C20H30N4O2/c1-15-12-21-19-17(6-5-7-18(19)26-4)20(15)23(3)13-16(25)14-24-10-8-22(2)9-11-24/h5-7,12,16,25H,8-11,13-14H2,1-4H3. The molecule has 3 rings (SSSR count). The third-order valence-corrected chi connectivity index (χ3v) is 5.17. The first-order chi connectivity index (χ1) is 12.5. The van der Waals surface area contributed by atoms with Gasteiger partial charge in [0.2, 0.25) is 0 Å². The van der Waals surface area contributed by atoms with Gasteiger partial charge in [-0.05, 0) is 25.6 Å². The second kappa shape index (κ2) is 8.20. The molecule has 0 saturated carbocycles. The Kier molecular flexibility index (Phi) is 5.96. The van der Waals surface area contributed by atoms with Gasteiger partial charge in [0.05, 0.1) is 18.9 Å². The van der Waals surface area contributed by atoms with E-state index < -0.39 is 6.10 Å². The van der Waals surface area contributed by atoms with Crippen LogP contribution in [0.3, 0.4) is 0 Å². The molecule has 2 heterocycles. The number of para-hydroxylation sites is 1. The topological polar surface area (TPSA) is 52.1 Å². The van der Waals surface area contributed by atoms with Crippen LogP contribution >= 0.6 is 0 Å². The van der Waals surface area contributed by atoms with Crippen molar-refractivity contribution < 1.29 is 9.84 Å². The van der Waals surface area contributed by atoms with Gasteiger partial charge in [0, 0.05) is 57.9 Å². The van der Waals surface area contributed by atoms with Crippen LogP contribution in [0.2, 0.25) is 0 Å². The predicted molar refractivity (Wildman–Crippen MR) is 106 cm³/mol. The van der Waals surface area contributed by atoms with Crippen LogP contribution in [0.5, 0.6) is 5.75 Å². The van der Waals surface area contributed by atoms with E-state index in [2.05, 4.69) is 39.7 Å². The summed E-state index contributed by atoms with van der Waals surface area (Å²) in [5.74, 6) is 0.773. The normalized spacial score (nSPS) is 17.4. The van der Waals surface area contributed by atoms with Gasteiger partial charge in [-0.3, -0.25) is 9.88 Å². The third-order valence-electron chi connectivity index (χ3n) is 5.17. The SMILES string of the molecule is COc1cccc2c(N(C)CC(O)CN3CCN(C)CC3)c(C)cnc12. The number of aliphatic hydroxyl groups excluding tert-OH is 1. The first-order valence-corrected chi connectivity index (χ1v) is 9.22. The fourth-order valence-electron chi connectivity index (χ4n) is 3.75. The Bertz CT molecular complexity index is 744. The van der Waals surface area contributed by atoms with Crippen LogP contribution in [0, 0.1) is 6.92 Å². The molecule has 6 nitrogen and oxygen atoms in total. The highest BCUT2D eigenvalue weighted by atomic mass is 16.5. The molecule has 1 saturated heterocycles. The van der Waals surface area contributed by atoms with Gasteiger partial charge < -0.3 is 19.6 Å². The lowest BCUT2D eigenvalue weighted by molar-refractivity contribution is 0.0843. The van der Waals surface area contributed by atoms with E-state index >= 15 is 0 Å². The van der Waals surface area contributed by atoms with E-state index in [0.717, 1.165) is 54.1 Å². The van der Waals surface area contributed by atoms with Crippen molar-refractivity contribution in [3.05, 3.63) is 30.0 Å². The molecule has 0 amide bonds. The van der Waals surface area contributed by atoms with Gasteiger partial charge in [-0.25, -0.2) is 0 Å². The molecule has 0 radical (unpaired) electrons. The van der Waals surface area contributed by atoms with Crippen molar-refractivity contribution in [1.82, 2.24) is 14.8 Å². The molecule has 2 aromatic rings. The van der Waals surface area contributed by atoms with Crippen LogP contribution < -0.4 is 9.64 Å². The number of aromatic nitrogens is 1. The Hall–Kier alpha value is -1.89. The molecule has 26 heavy (non-hydrogen) atoms. The molecule has 0 spiro atoms. The number of anilines is 1. The van der Waals surface area contributed by atoms with E-state index in [1.807, 2.05) is 25.4 Å². The maximum Gasteiger partial charge on any atom is 0.145 e. The van der Waals surface area contributed by atoms with E-state index in [9.17, 15) is 5.11 Å². The lowest BCUT2D eigenvalue weighted by Crippen LogP contribution is -2.48. The molecule has 1 aliphatic rings. The van der Waals surface area contributed by atoms with E-state index in [0.29, 0.717) is 13.1 Å². The Morgan fingerprint density at radius 2 is 2.00 bits per heavy atom. The van der Waals surface area contributed by atoms with Crippen LogP contribution in [0.4, 0.5) is 5.69 Å². The number of aliphatic hydroxyl groups is 1. The molecule has 0 bridgehead atoms. The van der Waals surface area contributed by atoms with Gasteiger partial charge in [-0.15, -0.1) is 0 Å². The molecule has 142 valence electrons. The third kappa shape index (κ3) is 4.09. The summed E-state index contributed by atoms with van der Waals surface area (Å²) in [5, 5.41) is 11.7. The number of pyridine rings is 1. The maximum atomic E-state index is 10.6. The lowest BCUT2D eigenvalue weighted by atomic mass is 10.1.